The van der Waals surface area contributed by atoms with E-state index in [1.807, 2.05) is 36.4 Å². The molecule has 0 aliphatic heterocycles. The molecule has 2 aromatic heterocycles. The van der Waals surface area contributed by atoms with Crippen molar-refractivity contribution in [1.29, 1.82) is 0 Å². The molecule has 2 heterocycles. The molecule has 2 aromatic carbocycles. The molecule has 0 saturated heterocycles. The van der Waals surface area contributed by atoms with Gasteiger partial charge in [0.25, 0.3) is 5.22 Å². The Morgan fingerprint density at radius 3 is 2.64 bits per heavy atom. The van der Waals surface area contributed by atoms with Gasteiger partial charge in [-0.3, -0.25) is 0 Å². The smallest absolute Gasteiger partial charge is 0.276 e. The zero-order chi connectivity index (χ0) is 17.1. The Balaban J connectivity index is 1.51. The molecule has 0 N–H and O–H groups in total. The number of imidazole rings is 1. The van der Waals surface area contributed by atoms with Crippen molar-refractivity contribution in [2.24, 2.45) is 0 Å². The van der Waals surface area contributed by atoms with E-state index >= 15 is 0 Å². The van der Waals surface area contributed by atoms with E-state index in [0.717, 1.165) is 29.0 Å². The molecule has 4 aromatic rings. The number of nitrogens with zero attached hydrogens (tertiary/aromatic N) is 4. The largest absolute Gasteiger partial charge is 0.414 e. The fourth-order valence-corrected chi connectivity index (χ4v) is 3.52. The normalized spacial score (nSPS) is 11.2. The number of para-hydroxylation sites is 2. The molecule has 0 spiro atoms. The highest BCUT2D eigenvalue weighted by molar-refractivity contribution is 7.98. The first-order valence-corrected chi connectivity index (χ1v) is 9.25. The van der Waals surface area contributed by atoms with Crippen molar-refractivity contribution in [3.63, 3.8) is 0 Å². The van der Waals surface area contributed by atoms with E-state index in [9.17, 15) is 0 Å². The van der Waals surface area contributed by atoms with Crippen LogP contribution in [0.3, 0.4) is 0 Å². The summed E-state index contributed by atoms with van der Waals surface area (Å²) in [7, 11) is 0. The molecule has 25 heavy (non-hydrogen) atoms. The van der Waals surface area contributed by atoms with Crippen molar-refractivity contribution in [2.45, 2.75) is 30.9 Å². The fraction of sp³-hybridized carbons (Fsp3) is 0.211. The molecule has 4 rings (SSSR count). The molecule has 0 aliphatic rings. The highest BCUT2D eigenvalue weighted by atomic mass is 32.2. The lowest BCUT2D eigenvalue weighted by molar-refractivity contribution is 0.404. The first-order chi connectivity index (χ1) is 12.3. The second kappa shape index (κ2) is 7.11. The molecule has 0 amide bonds. The minimum Gasteiger partial charge on any atom is -0.414 e. The van der Waals surface area contributed by atoms with Crippen LogP contribution in [-0.2, 0) is 18.7 Å². The number of hydrogen-bond acceptors (Lipinski definition) is 5. The lowest BCUT2D eigenvalue weighted by atomic mass is 10.2. The number of aromatic nitrogens is 4. The van der Waals surface area contributed by atoms with Gasteiger partial charge in [0.1, 0.15) is 12.4 Å². The molecular formula is C19H18N4OS. The van der Waals surface area contributed by atoms with Gasteiger partial charge in [-0.25, -0.2) is 4.98 Å². The maximum Gasteiger partial charge on any atom is 0.276 e. The van der Waals surface area contributed by atoms with Gasteiger partial charge in [-0.15, -0.1) is 10.2 Å². The van der Waals surface area contributed by atoms with Crippen molar-refractivity contribution in [2.75, 3.05) is 0 Å². The molecule has 126 valence electrons. The minimum atomic E-state index is 0.544. The third-order valence-corrected chi connectivity index (χ3v) is 4.89. The average molecular weight is 350 g/mol. The van der Waals surface area contributed by atoms with Crippen LogP contribution in [0.15, 0.2) is 64.2 Å². The SMILES string of the molecule is CCc1nc2ccccc2n1Cc1nnc(SCc2ccccc2)o1. The summed E-state index contributed by atoms with van der Waals surface area (Å²) in [5.41, 5.74) is 3.33. The summed E-state index contributed by atoms with van der Waals surface area (Å²) in [6.07, 6.45) is 0.860. The molecule has 0 atom stereocenters. The minimum absolute atomic E-state index is 0.544. The van der Waals surface area contributed by atoms with Gasteiger partial charge in [0.15, 0.2) is 0 Å². The average Bonchev–Trinajstić information content (AvgIpc) is 3.26. The Morgan fingerprint density at radius 2 is 1.80 bits per heavy atom. The van der Waals surface area contributed by atoms with Crippen LogP contribution < -0.4 is 0 Å². The summed E-state index contributed by atoms with van der Waals surface area (Å²) in [5.74, 6) is 2.45. The van der Waals surface area contributed by atoms with Crippen molar-refractivity contribution in [1.82, 2.24) is 19.7 Å². The maximum absolute atomic E-state index is 5.82. The monoisotopic (exact) mass is 350 g/mol. The van der Waals surface area contributed by atoms with Gasteiger partial charge >= 0.3 is 0 Å². The number of rotatable bonds is 6. The second-order valence-electron chi connectivity index (χ2n) is 5.69. The molecule has 6 heteroatoms. The van der Waals surface area contributed by atoms with Gasteiger partial charge in [-0.2, -0.15) is 0 Å². The quantitative estimate of drug-likeness (QED) is 0.485. The predicted octanol–water partition coefficient (Wildman–Crippen LogP) is 4.32. The van der Waals surface area contributed by atoms with E-state index < -0.39 is 0 Å². The summed E-state index contributed by atoms with van der Waals surface area (Å²) in [6.45, 7) is 2.65. The van der Waals surface area contributed by atoms with Crippen LogP contribution in [0.4, 0.5) is 0 Å². The molecule has 0 radical (unpaired) electrons. The third kappa shape index (κ3) is 3.44. The summed E-state index contributed by atoms with van der Waals surface area (Å²) in [4.78, 5) is 4.68. The van der Waals surface area contributed by atoms with Crippen LogP contribution in [0.25, 0.3) is 11.0 Å². The summed E-state index contributed by atoms with van der Waals surface area (Å²) in [6, 6.07) is 18.4. The van der Waals surface area contributed by atoms with Gasteiger partial charge in [0.2, 0.25) is 5.89 Å². The Morgan fingerprint density at radius 1 is 1.00 bits per heavy atom. The number of thioether (sulfide) groups is 1. The van der Waals surface area contributed by atoms with Crippen LogP contribution in [0.5, 0.6) is 0 Å². The lowest BCUT2D eigenvalue weighted by Crippen LogP contribution is -2.04. The standard InChI is InChI=1S/C19H18N4OS/c1-2-17-20-15-10-6-7-11-16(15)23(17)12-18-21-22-19(24-18)25-13-14-8-4-3-5-9-14/h3-11H,2,12-13H2,1H3. The molecular weight excluding hydrogens is 332 g/mol. The second-order valence-corrected chi connectivity index (χ2v) is 6.62. The van der Waals surface area contributed by atoms with Crippen molar-refractivity contribution >= 4 is 22.8 Å². The Kier molecular flexibility index (Phi) is 4.52. The van der Waals surface area contributed by atoms with Crippen molar-refractivity contribution in [3.05, 3.63) is 71.9 Å². The Labute approximate surface area is 150 Å². The summed E-state index contributed by atoms with van der Waals surface area (Å²) < 4.78 is 7.97. The highest BCUT2D eigenvalue weighted by Crippen LogP contribution is 2.23. The van der Waals surface area contributed by atoms with Gasteiger partial charge in [0, 0.05) is 12.2 Å². The highest BCUT2D eigenvalue weighted by Gasteiger charge is 2.13. The van der Waals surface area contributed by atoms with Gasteiger partial charge < -0.3 is 8.98 Å². The Hall–Kier alpha value is -2.60. The van der Waals surface area contributed by atoms with Crippen LogP contribution >= 0.6 is 11.8 Å². The van der Waals surface area contributed by atoms with Crippen molar-refractivity contribution < 1.29 is 4.42 Å². The molecule has 5 nitrogen and oxygen atoms in total. The van der Waals surface area contributed by atoms with Crippen molar-refractivity contribution in [3.8, 4) is 0 Å². The van der Waals surface area contributed by atoms with E-state index in [-0.39, 0.29) is 0 Å². The maximum atomic E-state index is 5.82. The topological polar surface area (TPSA) is 56.7 Å². The Bertz CT molecular complexity index is 977. The number of hydrogen-bond donors (Lipinski definition) is 0. The van der Waals surface area contributed by atoms with Gasteiger partial charge in [-0.05, 0) is 17.7 Å². The fourth-order valence-electron chi connectivity index (χ4n) is 2.79. The van der Waals surface area contributed by atoms with Crippen LogP contribution in [-0.4, -0.2) is 19.7 Å². The zero-order valence-corrected chi connectivity index (χ0v) is 14.7. The molecule has 0 unspecified atom stereocenters. The lowest BCUT2D eigenvalue weighted by Gasteiger charge is -2.04. The van der Waals surface area contributed by atoms with E-state index in [1.165, 1.54) is 5.56 Å². The van der Waals surface area contributed by atoms with Crippen LogP contribution in [0.2, 0.25) is 0 Å². The van der Waals surface area contributed by atoms with Gasteiger partial charge in [-0.1, -0.05) is 61.2 Å². The molecule has 0 bridgehead atoms. The van der Waals surface area contributed by atoms with Crippen LogP contribution in [0, 0.1) is 0 Å². The summed E-state index contributed by atoms with van der Waals surface area (Å²) in [5, 5.41) is 8.96. The van der Waals surface area contributed by atoms with E-state index in [2.05, 4.69) is 44.9 Å². The molecule has 0 saturated carbocycles. The van der Waals surface area contributed by atoms with Crippen LogP contribution in [0.1, 0.15) is 24.2 Å². The summed E-state index contributed by atoms with van der Waals surface area (Å²) >= 11 is 1.56. The molecule has 0 fully saturated rings. The zero-order valence-electron chi connectivity index (χ0n) is 13.9. The molecule has 0 aliphatic carbocycles. The number of aryl methyl sites for hydroxylation is 1. The van der Waals surface area contributed by atoms with E-state index in [1.54, 1.807) is 11.8 Å². The van der Waals surface area contributed by atoms with E-state index in [4.69, 9.17) is 4.42 Å². The van der Waals surface area contributed by atoms with E-state index in [0.29, 0.717) is 17.7 Å². The number of fused-ring (bicyclic) bond motifs is 1. The number of benzene rings is 2. The third-order valence-electron chi connectivity index (χ3n) is 4.00. The van der Waals surface area contributed by atoms with Gasteiger partial charge in [0.05, 0.1) is 11.0 Å². The predicted molar refractivity (Wildman–Crippen MR) is 98.5 cm³/mol. The first-order valence-electron chi connectivity index (χ1n) is 8.26. The first kappa shape index (κ1) is 15.9.